The monoisotopic (exact) mass is 850 g/mol. The molecule has 0 aromatic carbocycles. The number of aliphatic hydroxyl groups is 2. The molecule has 26 heteroatoms. The molecule has 8 amide bonds. The van der Waals surface area contributed by atoms with Crippen LogP contribution >= 0.6 is 21.6 Å². The van der Waals surface area contributed by atoms with E-state index in [1.54, 1.807) is 13.8 Å². The van der Waals surface area contributed by atoms with E-state index >= 15 is 0 Å². The first kappa shape index (κ1) is 50.1. The summed E-state index contributed by atoms with van der Waals surface area (Å²) in [6.45, 7) is 2.96. The number of amides is 8. The van der Waals surface area contributed by atoms with Crippen LogP contribution < -0.4 is 60.2 Å². The summed E-state index contributed by atoms with van der Waals surface area (Å²) < 4.78 is 0. The van der Waals surface area contributed by atoms with Gasteiger partial charge in [-0.25, -0.2) is 0 Å². The molecule has 1 heterocycles. The third-order valence-electron chi connectivity index (χ3n) is 7.78. The van der Waals surface area contributed by atoms with E-state index < -0.39 is 121 Å². The number of carboxylic acid groups (broad SMARTS) is 1. The predicted molar refractivity (Wildman–Crippen MR) is 207 cm³/mol. The van der Waals surface area contributed by atoms with Gasteiger partial charge in [-0.3, -0.25) is 48.1 Å². The van der Waals surface area contributed by atoms with Gasteiger partial charge in [0.15, 0.2) is 5.96 Å². The van der Waals surface area contributed by atoms with Crippen molar-refractivity contribution in [2.45, 2.75) is 94.9 Å². The Morgan fingerprint density at radius 2 is 1.33 bits per heavy atom. The second-order valence-corrected chi connectivity index (χ2v) is 15.8. The molecule has 1 fully saturated rings. The highest BCUT2D eigenvalue weighted by Crippen LogP contribution is 2.23. The number of carbonyl (C=O) groups excluding carboxylic acids is 8. The number of aliphatic hydroxyl groups excluding tert-OH is 2. The Kier molecular flexibility index (Phi) is 22.3. The van der Waals surface area contributed by atoms with Gasteiger partial charge in [0.2, 0.25) is 47.3 Å². The number of nitrogens with one attached hydrogen (secondary N) is 7. The Bertz CT molecular complexity index is 1480. The lowest BCUT2D eigenvalue weighted by Crippen LogP contribution is -2.62. The summed E-state index contributed by atoms with van der Waals surface area (Å²) in [5, 5.41) is 46.2. The zero-order valence-electron chi connectivity index (χ0n) is 31.6. The van der Waals surface area contributed by atoms with E-state index in [0.717, 1.165) is 28.5 Å². The highest BCUT2D eigenvalue weighted by atomic mass is 33.1. The van der Waals surface area contributed by atoms with Crippen LogP contribution in [-0.2, 0) is 43.2 Å². The molecule has 0 unspecified atom stereocenters. The number of guanidine groups is 1. The Hall–Kier alpha value is -4.92. The van der Waals surface area contributed by atoms with Crippen LogP contribution in [0.15, 0.2) is 4.99 Å². The molecule has 0 aromatic rings. The summed E-state index contributed by atoms with van der Waals surface area (Å²) in [6.07, 6.45) is -2.69. The molecule has 24 nitrogen and oxygen atoms in total. The Morgan fingerprint density at radius 3 is 1.89 bits per heavy atom. The normalized spacial score (nSPS) is 25.6. The van der Waals surface area contributed by atoms with Gasteiger partial charge in [0, 0.05) is 18.1 Å². The molecule has 0 aromatic heterocycles. The number of carboxylic acids is 1. The lowest BCUT2D eigenvalue weighted by Gasteiger charge is -2.28. The van der Waals surface area contributed by atoms with Gasteiger partial charge in [-0.2, -0.15) is 0 Å². The second kappa shape index (κ2) is 25.4. The highest BCUT2D eigenvalue weighted by molar-refractivity contribution is 8.76. The molecule has 0 aliphatic carbocycles. The van der Waals surface area contributed by atoms with E-state index in [2.05, 4.69) is 42.2 Å². The van der Waals surface area contributed by atoms with Crippen molar-refractivity contribution >= 4 is 80.8 Å². The van der Waals surface area contributed by atoms with Gasteiger partial charge in [-0.1, -0.05) is 35.4 Å². The smallest absolute Gasteiger partial charge is 0.305 e. The molecule has 0 radical (unpaired) electrons. The maximum atomic E-state index is 13.6. The Morgan fingerprint density at radius 1 is 0.789 bits per heavy atom. The molecular formula is C31H54N12O12S2. The zero-order chi connectivity index (χ0) is 43.4. The van der Waals surface area contributed by atoms with Gasteiger partial charge >= 0.3 is 5.97 Å². The van der Waals surface area contributed by atoms with Crippen molar-refractivity contribution in [1.29, 1.82) is 0 Å². The number of primary amides is 1. The topological polar surface area (TPSA) is 415 Å². The number of nitrogens with two attached hydrogens (primary N) is 4. The van der Waals surface area contributed by atoms with Crippen LogP contribution in [0.1, 0.15) is 46.5 Å². The number of rotatable bonds is 13. The van der Waals surface area contributed by atoms with Gasteiger partial charge < -0.3 is 75.5 Å². The minimum absolute atomic E-state index is 0.0131. The van der Waals surface area contributed by atoms with Crippen LogP contribution in [0, 0.1) is 5.92 Å². The summed E-state index contributed by atoms with van der Waals surface area (Å²) in [7, 11) is 2.02. The average Bonchev–Trinajstić information content (AvgIpc) is 3.11. The van der Waals surface area contributed by atoms with Crippen molar-refractivity contribution in [3.05, 3.63) is 0 Å². The summed E-state index contributed by atoms with van der Waals surface area (Å²) in [5.74, 6) is -10.3. The third-order valence-corrected chi connectivity index (χ3v) is 10.2. The lowest BCUT2D eigenvalue weighted by molar-refractivity contribution is -0.142. The number of nitrogens with zero attached hydrogens (tertiary/aromatic N) is 1. The fraction of sp³-hybridized carbons (Fsp3) is 0.677. The maximum Gasteiger partial charge on any atom is 0.305 e. The van der Waals surface area contributed by atoms with Crippen molar-refractivity contribution in [2.24, 2.45) is 33.8 Å². The Labute approximate surface area is 335 Å². The summed E-state index contributed by atoms with van der Waals surface area (Å²) >= 11 is 0. The zero-order valence-corrected chi connectivity index (χ0v) is 33.3. The number of carbonyl (C=O) groups is 9. The molecule has 322 valence electrons. The van der Waals surface area contributed by atoms with E-state index in [1.165, 1.54) is 0 Å². The molecular weight excluding hydrogens is 797 g/mol. The van der Waals surface area contributed by atoms with Crippen LogP contribution in [0.25, 0.3) is 0 Å². The number of hydrogen-bond acceptors (Lipinski definition) is 15. The molecule has 0 spiro atoms. The van der Waals surface area contributed by atoms with E-state index in [0.29, 0.717) is 0 Å². The fourth-order valence-electron chi connectivity index (χ4n) is 4.86. The fourth-order valence-corrected chi connectivity index (χ4v) is 7.15. The van der Waals surface area contributed by atoms with E-state index in [9.17, 15) is 58.5 Å². The molecule has 0 saturated carbocycles. The summed E-state index contributed by atoms with van der Waals surface area (Å²) in [6, 6.07) is -10.9. The van der Waals surface area contributed by atoms with Gasteiger partial charge in [0.05, 0.1) is 31.7 Å². The maximum absolute atomic E-state index is 13.6. The molecule has 57 heavy (non-hydrogen) atoms. The first-order valence-electron chi connectivity index (χ1n) is 17.6. The quantitative estimate of drug-likeness (QED) is 0.0354. The predicted octanol–water partition coefficient (Wildman–Crippen LogP) is -6.83. The van der Waals surface area contributed by atoms with Crippen molar-refractivity contribution in [2.75, 3.05) is 31.2 Å². The van der Waals surface area contributed by atoms with Crippen LogP contribution in [0.3, 0.4) is 0 Å². The van der Waals surface area contributed by atoms with Gasteiger partial charge in [0.25, 0.3) is 0 Å². The van der Waals surface area contributed by atoms with Crippen LogP contribution in [-0.4, -0.2) is 154 Å². The van der Waals surface area contributed by atoms with Crippen LogP contribution in [0.4, 0.5) is 0 Å². The van der Waals surface area contributed by atoms with Crippen molar-refractivity contribution in [3.8, 4) is 0 Å². The van der Waals surface area contributed by atoms with Crippen molar-refractivity contribution in [3.63, 3.8) is 0 Å². The number of hydrogen-bond donors (Lipinski definition) is 14. The molecule has 0 bridgehead atoms. The Balaban J connectivity index is 3.66. The average molecular weight is 851 g/mol. The number of aliphatic carboxylic acids is 1. The van der Waals surface area contributed by atoms with Crippen molar-refractivity contribution < 1.29 is 58.5 Å². The largest absolute Gasteiger partial charge is 0.481 e. The SMILES string of the molecule is CC(C)C[C@@H]1NC(=O)[C@@H]([C@@H](C)O)NC(=O)[C@H](CC(=O)O)NC(=O)[C@@H](CO)NC(=O)[C@H](CCCN=C(N)N)NC(=O)[C@@H](N)CSSC[C@@H](C(=O)NCC(N)=O)NC1=O. The third kappa shape index (κ3) is 19.2. The minimum Gasteiger partial charge on any atom is -0.481 e. The standard InChI is InChI=1S/C31H54N12O12S2/c1-13(2)7-17-27(52)42-20(25(50)37-9-21(33)46)12-57-56-11-15(32)24(49)38-16(5-4-6-36-31(34)35)26(51)41-19(10-44)29(54)39-18(8-22(47)48)28(53)43-23(14(3)45)30(55)40-17/h13-20,23,44-45H,4-12,32H2,1-3H3,(H2,33,46)(H,37,50)(H,38,49)(H,39,54)(H,40,55)(H,41,51)(H,42,52)(H,43,53)(H,47,48)(H4,34,35,36)/t14-,15+,16+,17+,18+,19-,20+,23-/m1/s1. The molecule has 1 aliphatic heterocycles. The van der Waals surface area contributed by atoms with E-state index in [4.69, 9.17) is 22.9 Å². The van der Waals surface area contributed by atoms with Crippen LogP contribution in [0.2, 0.25) is 0 Å². The molecule has 18 N–H and O–H groups in total. The van der Waals surface area contributed by atoms with E-state index in [1.807, 2.05) is 0 Å². The van der Waals surface area contributed by atoms with Crippen LogP contribution in [0.5, 0.6) is 0 Å². The molecule has 1 saturated heterocycles. The summed E-state index contributed by atoms with van der Waals surface area (Å²) in [5.41, 5.74) is 21.9. The lowest BCUT2D eigenvalue weighted by atomic mass is 10.0. The van der Waals surface area contributed by atoms with Gasteiger partial charge in [0.1, 0.15) is 36.3 Å². The minimum atomic E-state index is -1.94. The van der Waals surface area contributed by atoms with Gasteiger partial charge in [-0.05, 0) is 32.1 Å². The molecule has 1 aliphatic rings. The second-order valence-electron chi connectivity index (χ2n) is 13.3. The summed E-state index contributed by atoms with van der Waals surface area (Å²) in [4.78, 5) is 120. The van der Waals surface area contributed by atoms with Crippen molar-refractivity contribution in [1.82, 2.24) is 37.2 Å². The highest BCUT2D eigenvalue weighted by Gasteiger charge is 2.36. The first-order valence-corrected chi connectivity index (χ1v) is 20.1. The number of aliphatic imine (C=N–C) groups is 1. The van der Waals surface area contributed by atoms with E-state index in [-0.39, 0.29) is 49.2 Å². The molecule has 8 atom stereocenters. The van der Waals surface area contributed by atoms with Gasteiger partial charge in [-0.15, -0.1) is 0 Å². The molecule has 1 rings (SSSR count). The first-order chi connectivity index (χ1) is 26.7.